The molecule has 3 aliphatic rings. The minimum absolute atomic E-state index is 0.0531. The Morgan fingerprint density at radius 1 is 0.941 bits per heavy atom. The van der Waals surface area contributed by atoms with E-state index in [1.165, 1.54) is 17.3 Å². The average Bonchev–Trinajstić information content (AvgIpc) is 3.54. The molecule has 0 aliphatic carbocycles. The molecule has 3 aromatic rings. The summed E-state index contributed by atoms with van der Waals surface area (Å²) in [5.41, 5.74) is 3.80. The Morgan fingerprint density at radius 2 is 1.68 bits per heavy atom. The van der Waals surface area contributed by atoms with Crippen LogP contribution in [0.1, 0.15) is 23.5 Å². The quantitative estimate of drug-likeness (QED) is 0.513. The van der Waals surface area contributed by atoms with Crippen molar-refractivity contribution in [3.05, 3.63) is 95.0 Å². The second-order valence-corrected chi connectivity index (χ2v) is 10.6. The summed E-state index contributed by atoms with van der Waals surface area (Å²) in [6, 6.07) is 25.6. The summed E-state index contributed by atoms with van der Waals surface area (Å²) in [5, 5.41) is 0.596. The van der Waals surface area contributed by atoms with Crippen LogP contribution in [-0.2, 0) is 14.5 Å². The molecule has 6 rings (SSSR count). The van der Waals surface area contributed by atoms with Crippen LogP contribution in [0.2, 0.25) is 5.02 Å². The number of amides is 2. The minimum Gasteiger partial charge on any atom is -0.295 e. The third-order valence-corrected chi connectivity index (χ3v) is 8.67. The van der Waals surface area contributed by atoms with Gasteiger partial charge in [0.25, 0.3) is 5.91 Å². The van der Waals surface area contributed by atoms with Crippen molar-refractivity contribution in [1.29, 1.82) is 0 Å². The van der Waals surface area contributed by atoms with Gasteiger partial charge in [0, 0.05) is 29.4 Å². The fourth-order valence-corrected chi connectivity index (χ4v) is 6.93. The Kier molecular flexibility index (Phi) is 5.40. The molecule has 0 N–H and O–H groups in total. The van der Waals surface area contributed by atoms with Gasteiger partial charge in [0.15, 0.2) is 0 Å². The molecule has 172 valence electrons. The van der Waals surface area contributed by atoms with Crippen LogP contribution in [0.4, 0.5) is 11.4 Å². The zero-order valence-corrected chi connectivity index (χ0v) is 20.1. The van der Waals surface area contributed by atoms with Gasteiger partial charge in [-0.1, -0.05) is 60.1 Å². The van der Waals surface area contributed by atoms with Crippen LogP contribution in [-0.4, -0.2) is 42.2 Å². The van der Waals surface area contributed by atoms with Crippen LogP contribution in [0, 0.1) is 0 Å². The molecule has 2 atom stereocenters. The molecular weight excluding hydrogens is 466 g/mol. The van der Waals surface area contributed by atoms with Gasteiger partial charge < -0.3 is 0 Å². The van der Waals surface area contributed by atoms with E-state index in [0.29, 0.717) is 23.3 Å². The van der Waals surface area contributed by atoms with Crippen LogP contribution >= 0.6 is 23.4 Å². The Bertz CT molecular complexity index is 1250. The van der Waals surface area contributed by atoms with E-state index < -0.39 is 4.87 Å². The molecule has 34 heavy (non-hydrogen) atoms. The van der Waals surface area contributed by atoms with Gasteiger partial charge in [-0.3, -0.25) is 24.3 Å². The third kappa shape index (κ3) is 3.35. The largest absolute Gasteiger partial charge is 0.295 e. The van der Waals surface area contributed by atoms with Crippen LogP contribution < -0.4 is 9.80 Å². The van der Waals surface area contributed by atoms with E-state index >= 15 is 0 Å². The molecule has 3 aromatic carbocycles. The summed E-state index contributed by atoms with van der Waals surface area (Å²) in [6.45, 7) is 2.37. The van der Waals surface area contributed by atoms with Crippen molar-refractivity contribution in [1.82, 2.24) is 4.90 Å². The molecule has 2 saturated heterocycles. The first-order chi connectivity index (χ1) is 16.6. The van der Waals surface area contributed by atoms with Crippen LogP contribution in [0.5, 0.6) is 0 Å². The predicted octanol–water partition coefficient (Wildman–Crippen LogP) is 5.07. The van der Waals surface area contributed by atoms with Crippen molar-refractivity contribution < 1.29 is 9.59 Å². The van der Waals surface area contributed by atoms with Gasteiger partial charge in [0.05, 0.1) is 18.1 Å². The van der Waals surface area contributed by atoms with E-state index in [4.69, 9.17) is 11.6 Å². The molecule has 0 radical (unpaired) electrons. The highest BCUT2D eigenvalue weighted by molar-refractivity contribution is 8.02. The van der Waals surface area contributed by atoms with Gasteiger partial charge >= 0.3 is 0 Å². The molecule has 2 amide bonds. The highest BCUT2D eigenvalue weighted by Gasteiger charge is 2.61. The summed E-state index contributed by atoms with van der Waals surface area (Å²) in [5.74, 6) is 0.609. The molecule has 3 heterocycles. The number of fused-ring (bicyclic) bond motifs is 2. The number of halogens is 1. The summed E-state index contributed by atoms with van der Waals surface area (Å²) in [7, 11) is 0. The smallest absolute Gasteiger partial charge is 0.269 e. The molecule has 0 saturated carbocycles. The fraction of sp³-hybridized carbons (Fsp3) is 0.259. The number of benzene rings is 3. The Morgan fingerprint density at radius 3 is 2.47 bits per heavy atom. The first-order valence-electron chi connectivity index (χ1n) is 11.5. The van der Waals surface area contributed by atoms with Gasteiger partial charge in [-0.15, -0.1) is 11.8 Å². The Labute approximate surface area is 208 Å². The van der Waals surface area contributed by atoms with Gasteiger partial charge in [-0.25, -0.2) is 0 Å². The first-order valence-corrected chi connectivity index (χ1v) is 12.9. The zero-order valence-electron chi connectivity index (χ0n) is 18.6. The number of carbonyl (C=O) groups is 2. The zero-order chi connectivity index (χ0) is 23.3. The van der Waals surface area contributed by atoms with E-state index in [2.05, 4.69) is 29.2 Å². The standard InChI is InChI=1S/C27H24ClN3O2S/c28-21-10-12-22(13-11-21)31-25(32)17-34-27(31)23-8-4-5-9-24(23)30(26(27)33)18-29-15-14-20(16-29)19-6-2-1-3-7-19/h1-13,20H,14-18H2/t20-,27-/m1/s1. The van der Waals surface area contributed by atoms with Crippen LogP contribution in [0.3, 0.4) is 0 Å². The van der Waals surface area contributed by atoms with E-state index in [9.17, 15) is 9.59 Å². The molecule has 2 fully saturated rings. The number of likely N-dealkylation sites (tertiary alicyclic amines) is 1. The van der Waals surface area contributed by atoms with E-state index in [0.717, 1.165) is 30.8 Å². The van der Waals surface area contributed by atoms with E-state index in [-0.39, 0.29) is 17.6 Å². The maximum atomic E-state index is 14.2. The molecule has 1 spiro atoms. The second-order valence-electron chi connectivity index (χ2n) is 9.00. The summed E-state index contributed by atoms with van der Waals surface area (Å²) in [6.07, 6.45) is 1.07. The van der Waals surface area contributed by atoms with Crippen molar-refractivity contribution in [3.8, 4) is 0 Å². The SMILES string of the molecule is O=C1CS[C@]2(C(=O)N(CN3CC[C@@H](c4ccccc4)C3)c3ccccc32)N1c1ccc(Cl)cc1. The van der Waals surface area contributed by atoms with E-state index in [1.54, 1.807) is 17.0 Å². The second kappa shape index (κ2) is 8.45. The molecule has 0 bridgehead atoms. The first kappa shape index (κ1) is 21.7. The molecule has 0 unspecified atom stereocenters. The van der Waals surface area contributed by atoms with Crippen molar-refractivity contribution in [2.75, 3.05) is 35.3 Å². The van der Waals surface area contributed by atoms with Crippen molar-refractivity contribution in [2.24, 2.45) is 0 Å². The number of hydrogen-bond donors (Lipinski definition) is 0. The maximum Gasteiger partial charge on any atom is 0.269 e. The number of hydrogen-bond acceptors (Lipinski definition) is 4. The van der Waals surface area contributed by atoms with Crippen LogP contribution in [0.15, 0.2) is 78.9 Å². The highest BCUT2D eigenvalue weighted by Crippen LogP contribution is 2.55. The molecular formula is C27H24ClN3O2S. The molecule has 3 aliphatic heterocycles. The number of carbonyl (C=O) groups excluding carboxylic acids is 2. The topological polar surface area (TPSA) is 43.9 Å². The normalized spacial score (nSPS) is 24.4. The minimum atomic E-state index is -1.08. The Hall–Kier alpha value is -2.80. The van der Waals surface area contributed by atoms with Crippen molar-refractivity contribution >= 4 is 46.6 Å². The lowest BCUT2D eigenvalue weighted by atomic mass is 9.99. The predicted molar refractivity (Wildman–Crippen MR) is 137 cm³/mol. The maximum absolute atomic E-state index is 14.2. The summed E-state index contributed by atoms with van der Waals surface area (Å²) >= 11 is 7.51. The lowest BCUT2D eigenvalue weighted by Crippen LogP contribution is -2.51. The fourth-order valence-electron chi connectivity index (χ4n) is 5.44. The van der Waals surface area contributed by atoms with Gasteiger partial charge in [-0.2, -0.15) is 0 Å². The number of anilines is 2. The molecule has 7 heteroatoms. The number of thioether (sulfide) groups is 1. The van der Waals surface area contributed by atoms with E-state index in [1.807, 2.05) is 47.4 Å². The van der Waals surface area contributed by atoms with Gasteiger partial charge in [0.1, 0.15) is 0 Å². The number of nitrogens with zero attached hydrogens (tertiary/aromatic N) is 3. The van der Waals surface area contributed by atoms with Gasteiger partial charge in [-0.05, 0) is 48.2 Å². The Balaban J connectivity index is 1.33. The lowest BCUT2D eigenvalue weighted by molar-refractivity contribution is -0.123. The van der Waals surface area contributed by atoms with Crippen molar-refractivity contribution in [2.45, 2.75) is 17.2 Å². The van der Waals surface area contributed by atoms with Crippen molar-refractivity contribution in [3.63, 3.8) is 0 Å². The molecule has 5 nitrogen and oxygen atoms in total. The average molecular weight is 490 g/mol. The monoisotopic (exact) mass is 489 g/mol. The number of rotatable bonds is 4. The molecule has 0 aromatic heterocycles. The summed E-state index contributed by atoms with van der Waals surface area (Å²) < 4.78 is 0. The number of para-hydroxylation sites is 1. The van der Waals surface area contributed by atoms with Crippen LogP contribution in [0.25, 0.3) is 0 Å². The highest BCUT2D eigenvalue weighted by atomic mass is 35.5. The lowest BCUT2D eigenvalue weighted by Gasteiger charge is -2.33. The third-order valence-electron chi connectivity index (χ3n) is 7.03. The van der Waals surface area contributed by atoms with Gasteiger partial charge in [0.2, 0.25) is 10.8 Å². The summed E-state index contributed by atoms with van der Waals surface area (Å²) in [4.78, 5) is 32.1.